The molecule has 0 spiro atoms. The number of anilines is 4. The molecule has 40 nitrogen and oxygen atoms in total. The number of carboxylic acid groups (broad SMARTS) is 1. The minimum absolute atomic E-state index is 0.00341. The van der Waals surface area contributed by atoms with Gasteiger partial charge >= 0.3 is 18.2 Å². The van der Waals surface area contributed by atoms with Crippen molar-refractivity contribution < 1.29 is 139 Å². The van der Waals surface area contributed by atoms with Crippen LogP contribution in [0.15, 0.2) is 94.8 Å². The van der Waals surface area contributed by atoms with Gasteiger partial charge in [0.05, 0.1) is 170 Å². The number of methoxy groups -OCH3 is 2. The van der Waals surface area contributed by atoms with Crippen molar-refractivity contribution in [3.05, 3.63) is 123 Å². The molecular weight excluding hydrogens is 1790 g/mol. The number of thioether (sulfide) groups is 2. The molecule has 0 radical (unpaired) electrons. The number of aliphatic hydroxyl groups excluding tert-OH is 1. The van der Waals surface area contributed by atoms with Crippen molar-refractivity contribution in [3.8, 4) is 17.2 Å². The second-order valence-electron chi connectivity index (χ2n) is 32.4. The number of amides is 11. The first-order chi connectivity index (χ1) is 64.7. The van der Waals surface area contributed by atoms with Gasteiger partial charge in [0.1, 0.15) is 37.7 Å². The molecule has 8 aliphatic rings. The number of unbranched alkanes of at least 4 members (excludes halogenated alkanes) is 2. The van der Waals surface area contributed by atoms with Crippen molar-refractivity contribution in [1.82, 2.24) is 36.4 Å². The summed E-state index contributed by atoms with van der Waals surface area (Å²) < 4.78 is 74.1. The van der Waals surface area contributed by atoms with Crippen LogP contribution in [0.2, 0.25) is 0 Å². The van der Waals surface area contributed by atoms with Gasteiger partial charge in [0.15, 0.2) is 29.3 Å². The average Bonchev–Trinajstić information content (AvgIpc) is 1.58. The predicted octanol–water partition coefficient (Wildman–Crippen LogP) is 6.24. The number of nitrogens with zero attached hydrogens (tertiary/aromatic N) is 4. The number of rotatable bonds is 14. The Bertz CT molecular complexity index is 4790. The van der Waals surface area contributed by atoms with Crippen LogP contribution < -0.4 is 61.2 Å². The van der Waals surface area contributed by atoms with Gasteiger partial charge in [0, 0.05) is 106 Å². The monoisotopic (exact) mass is 1910 g/mol. The van der Waals surface area contributed by atoms with E-state index in [-0.39, 0.29) is 269 Å². The molecule has 9 N–H and O–H groups in total. The first kappa shape index (κ1) is 105. The van der Waals surface area contributed by atoms with E-state index in [0.29, 0.717) is 78.3 Å². The highest BCUT2D eigenvalue weighted by molar-refractivity contribution is 8.23. The lowest BCUT2D eigenvalue weighted by Gasteiger charge is -2.31. The number of hydrogen-bond acceptors (Lipinski definition) is 30. The average molecular weight is 1910 g/mol. The summed E-state index contributed by atoms with van der Waals surface area (Å²) in [6, 6.07) is 13.5. The van der Waals surface area contributed by atoms with Gasteiger partial charge in [-0.1, -0.05) is 56.2 Å². The van der Waals surface area contributed by atoms with E-state index in [4.69, 9.17) is 61.6 Å². The molecule has 42 heteroatoms. The fourth-order valence-electron chi connectivity index (χ4n) is 15.1. The molecule has 2 saturated heterocycles. The smallest absolute Gasteiger partial charge is 0.416 e. The molecule has 1 unspecified atom stereocenters. The Morgan fingerprint density at radius 3 is 1.74 bits per heavy atom. The van der Waals surface area contributed by atoms with E-state index in [1.54, 1.807) is 61.2 Å². The van der Waals surface area contributed by atoms with Crippen LogP contribution >= 0.6 is 23.5 Å². The second-order valence-corrected chi connectivity index (χ2v) is 34.7. The third-order valence-electron chi connectivity index (χ3n) is 22.3. The molecule has 7 atom stereocenters. The molecule has 2 fully saturated rings. The highest BCUT2D eigenvalue weighted by atomic mass is 32.2. The van der Waals surface area contributed by atoms with E-state index < -0.39 is 108 Å². The van der Waals surface area contributed by atoms with E-state index in [1.807, 2.05) is 0 Å². The number of fused-ring (bicyclic) bond motifs is 4. The lowest BCUT2D eigenvalue weighted by molar-refractivity contribution is -0.140. The molecule has 0 saturated carbocycles. The quantitative estimate of drug-likeness (QED) is 0.0498. The number of aliphatic carboxylic acids is 1. The highest BCUT2D eigenvalue weighted by Gasteiger charge is 2.47. The van der Waals surface area contributed by atoms with E-state index in [1.165, 1.54) is 84.8 Å². The molecule has 8 aliphatic heterocycles. The SMILES string of the molecule is C=C1C[C@H]2C(O)N3C(=O)OCc4ccc(cc4)NC(=O)[C@H](C)CC(=O)[C@H](C)NC(=O)CCOCCOCCOCCNC(=O)C4=C(SCS4)C(=O)NCCOCCOCCOCCC(=O)N[C@@H](CCCCCC(=O)COCCOC)C(=O)N[C@@H](CC(=O)O)C(=O)Nc4ccc(cc4)COC(=O)N4C[C@@H]5CCCN5C(=O)c5cc(OC)c(cc54)OCCCOc4cc3c(cc4C)C(=O)N2C1. The topological polar surface area (TPSA) is 497 Å². The highest BCUT2D eigenvalue weighted by Crippen LogP contribution is 2.43. The fourth-order valence-corrected chi connectivity index (χ4v) is 17.5. The van der Waals surface area contributed by atoms with Crippen molar-refractivity contribution in [3.63, 3.8) is 0 Å². The predicted molar refractivity (Wildman–Crippen MR) is 489 cm³/mol. The molecule has 4 aromatic carbocycles. The molecule has 0 aromatic heterocycles. The van der Waals surface area contributed by atoms with Crippen LogP contribution in [0, 0.1) is 12.8 Å². The van der Waals surface area contributed by atoms with E-state index in [0.717, 1.165) is 4.90 Å². The number of benzene rings is 4. The first-order valence-corrected chi connectivity index (χ1v) is 46.7. The van der Waals surface area contributed by atoms with Crippen LogP contribution in [-0.4, -0.2) is 304 Å². The third kappa shape index (κ3) is 31.9. The van der Waals surface area contributed by atoms with Crippen molar-refractivity contribution in [2.45, 2.75) is 154 Å². The second kappa shape index (κ2) is 54.3. The molecule has 11 amide bonds. The number of aliphatic hydroxyl groups is 1. The Kier molecular flexibility index (Phi) is 42.4. The summed E-state index contributed by atoms with van der Waals surface area (Å²) in [4.78, 5) is 196. The number of nitrogens with one attached hydrogen (secondary N) is 7. The minimum atomic E-state index is -1.64. The van der Waals surface area contributed by atoms with E-state index in [2.05, 4.69) is 43.8 Å². The van der Waals surface area contributed by atoms with Crippen molar-refractivity contribution in [2.75, 3.05) is 185 Å². The van der Waals surface area contributed by atoms with Crippen LogP contribution in [0.25, 0.3) is 0 Å². The number of carbonyl (C=O) groups is 14. The fraction of sp³-hybridized carbons (Fsp3) is 0.543. The van der Waals surface area contributed by atoms with Crippen molar-refractivity contribution in [2.24, 2.45) is 5.92 Å². The maximum Gasteiger partial charge on any atom is 0.416 e. The summed E-state index contributed by atoms with van der Waals surface area (Å²) in [5.41, 5.74) is 3.16. The summed E-state index contributed by atoms with van der Waals surface area (Å²) >= 11 is 2.49. The molecule has 134 heavy (non-hydrogen) atoms. The Balaban J connectivity index is 0.779. The Morgan fingerprint density at radius 2 is 1.13 bits per heavy atom. The zero-order valence-electron chi connectivity index (χ0n) is 76.1. The number of Topliss-reactive ketones (excluding diaryl/α,β-unsaturated/α-hetero) is 2. The molecular formula is C92H121N11O29S2. The standard InChI is InChI=1S/C92H121N11O29S2/c1-57-44-73-90(117)103-72-50-75(58(2)45-67(72)89(116)101(73)51-57)129-28-11-29-130-77-49-71-68(47-76(77)121-6)88(115)100-27-10-12-65(100)52-102(71)91(118)131-53-61-17-21-64(22-18-61)97-85(112)70(48-80(108)109)99-84(111)69(14-9-7-8-13-66(104)55-128-35-34-120-5)98-79(107)24-31-123-37-41-127-43-39-125-33-26-94-87(114)82-81(133-56-134-82)86(113)93-25-32-124-38-42-126-40-36-122-30-23-78(106)95-60(4)74(105)46-59(3)83(110)96-63-19-15-62(16-20-63)54-132-92(103)119/h15-22,45,47,49-50,59-60,65,69-70,73,90,117H,1,7-14,23-44,46,48,51-56H2,2-6H3,(H,93,113)(H,94,114)(H,95,106)(H,96,110)(H,97,112)(H,98,107)(H,99,111)(H,108,109)/t59-,60+,65+,69+,70+,73+,90?/m1/s1. The third-order valence-corrected chi connectivity index (χ3v) is 24.7. The summed E-state index contributed by atoms with van der Waals surface area (Å²) in [5.74, 6) is -6.96. The number of aryl methyl sites for hydroxylation is 1. The molecule has 730 valence electrons. The Labute approximate surface area is 784 Å². The van der Waals surface area contributed by atoms with Gasteiger partial charge in [-0.2, -0.15) is 0 Å². The van der Waals surface area contributed by atoms with Crippen LogP contribution in [0.3, 0.4) is 0 Å². The normalized spacial score (nSPS) is 22.7. The van der Waals surface area contributed by atoms with Gasteiger partial charge in [-0.3, -0.25) is 62.4 Å². The van der Waals surface area contributed by atoms with E-state index >= 15 is 0 Å². The van der Waals surface area contributed by atoms with Gasteiger partial charge < -0.3 is 119 Å². The zero-order chi connectivity index (χ0) is 96.0. The lowest BCUT2D eigenvalue weighted by atomic mass is 10.00. The summed E-state index contributed by atoms with van der Waals surface area (Å²) in [6.45, 7) is 11.4. The van der Waals surface area contributed by atoms with Crippen LogP contribution in [0.4, 0.5) is 32.3 Å². The van der Waals surface area contributed by atoms with Crippen LogP contribution in [-0.2, 0) is 109 Å². The molecule has 12 rings (SSSR count). The van der Waals surface area contributed by atoms with Gasteiger partial charge in [-0.15, -0.1) is 23.5 Å². The molecule has 8 bridgehead atoms. The largest absolute Gasteiger partial charge is 0.493 e. The van der Waals surface area contributed by atoms with Crippen molar-refractivity contribution >= 4 is 129 Å². The summed E-state index contributed by atoms with van der Waals surface area (Å²) in [7, 11) is 2.92. The Hall–Kier alpha value is -11.3. The van der Waals surface area contributed by atoms with E-state index in [9.17, 15) is 77.3 Å². The zero-order valence-corrected chi connectivity index (χ0v) is 77.7. The maximum atomic E-state index is 14.5. The van der Waals surface area contributed by atoms with Gasteiger partial charge in [-0.25, -0.2) is 14.5 Å². The molecule has 4 aromatic rings. The lowest BCUT2D eigenvalue weighted by Crippen LogP contribution is -2.53. The minimum Gasteiger partial charge on any atom is -0.493 e. The number of carboxylic acids is 1. The van der Waals surface area contributed by atoms with Gasteiger partial charge in [0.2, 0.25) is 29.5 Å². The molecule has 8 heterocycles. The summed E-state index contributed by atoms with van der Waals surface area (Å²) in [5, 5.41) is 41.4. The van der Waals surface area contributed by atoms with Gasteiger partial charge in [-0.05, 0) is 99.0 Å². The van der Waals surface area contributed by atoms with Crippen molar-refractivity contribution in [1.29, 1.82) is 0 Å². The first-order valence-electron chi connectivity index (χ1n) is 44.7. The van der Waals surface area contributed by atoms with Gasteiger partial charge in [0.25, 0.3) is 23.6 Å². The summed E-state index contributed by atoms with van der Waals surface area (Å²) in [6.07, 6.45) is -1.46. The van der Waals surface area contributed by atoms with Crippen LogP contribution in [0.1, 0.15) is 135 Å². The van der Waals surface area contributed by atoms with Crippen LogP contribution in [0.5, 0.6) is 17.2 Å². The number of hydrogen-bond donors (Lipinski definition) is 9. The maximum absolute atomic E-state index is 14.5. The number of ether oxygens (including phenoxy) is 13. The number of ketones is 2. The number of carbonyl (C=O) groups excluding carboxylic acids is 13. The Morgan fingerprint density at radius 1 is 0.575 bits per heavy atom. The molecule has 0 aliphatic carbocycles.